The molecule has 1 fully saturated rings. The minimum Gasteiger partial charge on any atom is -0.373 e. The summed E-state index contributed by atoms with van der Waals surface area (Å²) in [6.45, 7) is 0. The van der Waals surface area contributed by atoms with Gasteiger partial charge in [-0.05, 0) is 36.4 Å². The number of benzene rings is 2. The molecule has 1 aliphatic rings. The Morgan fingerprint density at radius 3 is 2.64 bits per heavy atom. The van der Waals surface area contributed by atoms with Gasteiger partial charge < -0.3 is 5.32 Å². The highest BCUT2D eigenvalue weighted by atomic mass is 35.5. The minimum absolute atomic E-state index is 0.0157. The van der Waals surface area contributed by atoms with Crippen LogP contribution in [0.25, 0.3) is 0 Å². The molecule has 2 aromatic carbocycles. The highest BCUT2D eigenvalue weighted by Gasteiger charge is 2.39. The van der Waals surface area contributed by atoms with E-state index in [4.69, 9.17) is 11.6 Å². The molecule has 4 nitrogen and oxygen atoms in total. The molecule has 0 unspecified atom stereocenters. The Hall–Kier alpha value is -2.40. The van der Waals surface area contributed by atoms with Crippen LogP contribution in [0.3, 0.4) is 0 Å². The second kappa shape index (κ2) is 5.77. The molecule has 2 aromatic rings. The Morgan fingerprint density at radius 2 is 1.91 bits per heavy atom. The topological polar surface area (TPSA) is 49.4 Å². The molecule has 1 aliphatic heterocycles. The van der Waals surface area contributed by atoms with Crippen LogP contribution in [0.1, 0.15) is 6.42 Å². The number of amides is 2. The van der Waals surface area contributed by atoms with E-state index in [1.165, 1.54) is 18.2 Å². The first-order chi connectivity index (χ1) is 10.5. The van der Waals surface area contributed by atoms with Gasteiger partial charge in [0.05, 0.1) is 12.1 Å². The van der Waals surface area contributed by atoms with Gasteiger partial charge in [-0.2, -0.15) is 0 Å². The van der Waals surface area contributed by atoms with Crippen molar-refractivity contribution in [2.24, 2.45) is 0 Å². The number of nitrogens with one attached hydrogen (secondary N) is 1. The first kappa shape index (κ1) is 14.5. The number of rotatable bonds is 3. The van der Waals surface area contributed by atoms with Crippen molar-refractivity contribution in [1.82, 2.24) is 0 Å². The van der Waals surface area contributed by atoms with Crippen LogP contribution in [0.4, 0.5) is 15.8 Å². The largest absolute Gasteiger partial charge is 0.373 e. The van der Waals surface area contributed by atoms with Crippen molar-refractivity contribution in [2.75, 3.05) is 10.2 Å². The normalized spacial score (nSPS) is 17.9. The summed E-state index contributed by atoms with van der Waals surface area (Å²) in [5, 5.41) is 3.34. The summed E-state index contributed by atoms with van der Waals surface area (Å²) in [5.41, 5.74) is 0.894. The second-order valence-electron chi connectivity index (χ2n) is 4.96. The Labute approximate surface area is 131 Å². The van der Waals surface area contributed by atoms with Crippen LogP contribution in [-0.4, -0.2) is 17.9 Å². The monoisotopic (exact) mass is 318 g/mol. The van der Waals surface area contributed by atoms with E-state index in [1.807, 2.05) is 0 Å². The zero-order valence-corrected chi connectivity index (χ0v) is 12.2. The Balaban J connectivity index is 1.82. The van der Waals surface area contributed by atoms with E-state index < -0.39 is 11.9 Å². The molecule has 6 heteroatoms. The third kappa shape index (κ3) is 2.80. The van der Waals surface area contributed by atoms with E-state index in [0.29, 0.717) is 16.4 Å². The zero-order chi connectivity index (χ0) is 15.7. The molecular weight excluding hydrogens is 307 g/mol. The lowest BCUT2D eigenvalue weighted by atomic mass is 10.2. The zero-order valence-electron chi connectivity index (χ0n) is 11.4. The van der Waals surface area contributed by atoms with Gasteiger partial charge in [0.15, 0.2) is 0 Å². The summed E-state index contributed by atoms with van der Waals surface area (Å²) in [7, 11) is 0. The first-order valence-corrected chi connectivity index (χ1v) is 7.07. The fraction of sp³-hybridized carbons (Fsp3) is 0.125. The number of carbonyl (C=O) groups is 2. The van der Waals surface area contributed by atoms with Gasteiger partial charge in [-0.25, -0.2) is 9.29 Å². The molecule has 0 saturated carbocycles. The number of hydrogen-bond acceptors (Lipinski definition) is 3. The molecule has 1 N–H and O–H groups in total. The van der Waals surface area contributed by atoms with Gasteiger partial charge >= 0.3 is 0 Å². The van der Waals surface area contributed by atoms with Crippen LogP contribution in [0.5, 0.6) is 0 Å². The Bertz CT molecular complexity index is 750. The first-order valence-electron chi connectivity index (χ1n) is 6.69. The number of anilines is 2. The van der Waals surface area contributed by atoms with Crippen molar-refractivity contribution < 1.29 is 14.0 Å². The van der Waals surface area contributed by atoms with E-state index in [2.05, 4.69) is 5.32 Å². The van der Waals surface area contributed by atoms with Crippen LogP contribution < -0.4 is 10.2 Å². The summed E-state index contributed by atoms with van der Waals surface area (Å²) in [6.07, 6.45) is 0.0157. The standard InChI is InChI=1S/C16H12ClFN2O2/c17-10-3-1-6-13(7-10)20-15(21)9-14(16(20)22)19-12-5-2-4-11(18)8-12/h1-8,14,19H,9H2/t14-/m0/s1. The third-order valence-electron chi connectivity index (χ3n) is 3.38. The molecule has 1 atom stereocenters. The van der Waals surface area contributed by atoms with E-state index in [-0.39, 0.29) is 18.2 Å². The minimum atomic E-state index is -0.715. The summed E-state index contributed by atoms with van der Waals surface area (Å²) in [6, 6.07) is 11.6. The predicted molar refractivity (Wildman–Crippen MR) is 82.4 cm³/mol. The molecule has 0 radical (unpaired) electrons. The van der Waals surface area contributed by atoms with Gasteiger partial charge in [0.1, 0.15) is 11.9 Å². The van der Waals surface area contributed by atoms with Crippen molar-refractivity contribution in [2.45, 2.75) is 12.5 Å². The molecule has 1 saturated heterocycles. The highest BCUT2D eigenvalue weighted by molar-refractivity contribution is 6.31. The number of nitrogens with zero attached hydrogens (tertiary/aromatic N) is 1. The molecule has 0 spiro atoms. The van der Waals surface area contributed by atoms with Crippen LogP contribution in [0, 0.1) is 5.82 Å². The van der Waals surface area contributed by atoms with Crippen molar-refractivity contribution in [3.8, 4) is 0 Å². The Morgan fingerprint density at radius 1 is 1.14 bits per heavy atom. The lowest BCUT2D eigenvalue weighted by Gasteiger charge is -2.16. The quantitative estimate of drug-likeness (QED) is 0.884. The number of carbonyl (C=O) groups excluding carboxylic acids is 2. The smallest absolute Gasteiger partial charge is 0.256 e. The lowest BCUT2D eigenvalue weighted by Crippen LogP contribution is -2.34. The van der Waals surface area contributed by atoms with E-state index >= 15 is 0 Å². The van der Waals surface area contributed by atoms with Gasteiger partial charge in [-0.1, -0.05) is 23.7 Å². The van der Waals surface area contributed by atoms with Crippen LogP contribution in [0.15, 0.2) is 48.5 Å². The van der Waals surface area contributed by atoms with Gasteiger partial charge in [-0.3, -0.25) is 9.59 Å². The fourth-order valence-corrected chi connectivity index (χ4v) is 2.60. The molecule has 22 heavy (non-hydrogen) atoms. The maximum Gasteiger partial charge on any atom is 0.256 e. The SMILES string of the molecule is O=C1C[C@H](Nc2cccc(F)c2)C(=O)N1c1cccc(Cl)c1. The van der Waals surface area contributed by atoms with E-state index in [9.17, 15) is 14.0 Å². The van der Waals surface area contributed by atoms with Gasteiger partial charge in [-0.15, -0.1) is 0 Å². The third-order valence-corrected chi connectivity index (χ3v) is 3.61. The maximum atomic E-state index is 13.2. The number of halogens is 2. The summed E-state index contributed by atoms with van der Waals surface area (Å²) < 4.78 is 13.2. The van der Waals surface area contributed by atoms with Crippen LogP contribution in [-0.2, 0) is 9.59 Å². The maximum absolute atomic E-state index is 13.2. The number of imide groups is 1. The summed E-state index contributed by atoms with van der Waals surface area (Å²) in [4.78, 5) is 25.6. The molecule has 1 heterocycles. The van der Waals surface area contributed by atoms with Crippen LogP contribution >= 0.6 is 11.6 Å². The average molecular weight is 319 g/mol. The molecule has 2 amide bonds. The summed E-state index contributed by atoms with van der Waals surface area (Å²) in [5.74, 6) is -1.11. The second-order valence-corrected chi connectivity index (χ2v) is 5.40. The van der Waals surface area contributed by atoms with Gasteiger partial charge in [0.2, 0.25) is 5.91 Å². The van der Waals surface area contributed by atoms with E-state index in [1.54, 1.807) is 30.3 Å². The molecular formula is C16H12ClFN2O2. The van der Waals surface area contributed by atoms with Crippen molar-refractivity contribution in [1.29, 1.82) is 0 Å². The fourth-order valence-electron chi connectivity index (χ4n) is 2.41. The number of hydrogen-bond donors (Lipinski definition) is 1. The highest BCUT2D eigenvalue weighted by Crippen LogP contribution is 2.27. The predicted octanol–water partition coefficient (Wildman–Crippen LogP) is 3.22. The molecule has 0 bridgehead atoms. The summed E-state index contributed by atoms with van der Waals surface area (Å²) >= 11 is 5.90. The van der Waals surface area contributed by atoms with Crippen molar-refractivity contribution >= 4 is 34.8 Å². The molecule has 3 rings (SSSR count). The van der Waals surface area contributed by atoms with E-state index in [0.717, 1.165) is 4.90 Å². The van der Waals surface area contributed by atoms with Gasteiger partial charge in [0, 0.05) is 10.7 Å². The van der Waals surface area contributed by atoms with Crippen molar-refractivity contribution in [3.05, 3.63) is 59.4 Å². The Kier molecular flexibility index (Phi) is 3.81. The molecule has 0 aromatic heterocycles. The molecule has 112 valence electrons. The van der Waals surface area contributed by atoms with Gasteiger partial charge in [0.25, 0.3) is 5.91 Å². The molecule has 0 aliphatic carbocycles. The van der Waals surface area contributed by atoms with Crippen LogP contribution in [0.2, 0.25) is 5.02 Å². The van der Waals surface area contributed by atoms with Crippen molar-refractivity contribution in [3.63, 3.8) is 0 Å². The average Bonchev–Trinajstić information content (AvgIpc) is 2.73. The lowest BCUT2D eigenvalue weighted by molar-refractivity contribution is -0.121.